The van der Waals surface area contributed by atoms with Crippen LogP contribution >= 0.6 is 0 Å². The maximum Gasteiger partial charge on any atom is 0.416 e. The van der Waals surface area contributed by atoms with E-state index in [1.165, 1.54) is 23.3 Å². The summed E-state index contributed by atoms with van der Waals surface area (Å²) in [5.74, 6) is 0. The van der Waals surface area contributed by atoms with Crippen LogP contribution in [-0.4, -0.2) is 0 Å². The van der Waals surface area contributed by atoms with Crippen molar-refractivity contribution >= 4 is 99.5 Å². The van der Waals surface area contributed by atoms with Crippen molar-refractivity contribution in [3.05, 3.63) is 192 Å². The second kappa shape index (κ2) is 15.3. The molecular formula is C60H49F3N2O2. The minimum atomic E-state index is -4.43. The molecule has 0 spiro atoms. The summed E-state index contributed by atoms with van der Waals surface area (Å²) in [5.41, 5.74) is 11.4. The van der Waals surface area contributed by atoms with Crippen molar-refractivity contribution in [2.75, 3.05) is 9.80 Å². The van der Waals surface area contributed by atoms with E-state index < -0.39 is 11.7 Å². The van der Waals surface area contributed by atoms with E-state index in [4.69, 9.17) is 8.83 Å². The van der Waals surface area contributed by atoms with Crippen LogP contribution in [0.3, 0.4) is 0 Å². The zero-order valence-electron chi connectivity index (χ0n) is 38.5. The van der Waals surface area contributed by atoms with E-state index in [0.717, 1.165) is 106 Å². The van der Waals surface area contributed by atoms with Gasteiger partial charge in [0.15, 0.2) is 0 Å². The Balaban J connectivity index is 1.00. The van der Waals surface area contributed by atoms with Crippen LogP contribution in [0.1, 0.15) is 63.8 Å². The number of rotatable bonds is 6. The van der Waals surface area contributed by atoms with Crippen molar-refractivity contribution in [3.8, 4) is 0 Å². The third kappa shape index (κ3) is 7.53. The van der Waals surface area contributed by atoms with Crippen molar-refractivity contribution in [1.29, 1.82) is 0 Å². The van der Waals surface area contributed by atoms with E-state index in [9.17, 15) is 13.2 Å². The summed E-state index contributed by atoms with van der Waals surface area (Å²) >= 11 is 0. The molecule has 0 radical (unpaired) electrons. The first-order valence-electron chi connectivity index (χ1n) is 22.7. The zero-order chi connectivity index (χ0) is 46.6. The summed E-state index contributed by atoms with van der Waals surface area (Å²) in [6.45, 7) is 15.3. The summed E-state index contributed by atoms with van der Waals surface area (Å²) in [5, 5.41) is 8.00. The molecule has 0 N–H and O–H groups in total. The minimum Gasteiger partial charge on any atom is -0.456 e. The fourth-order valence-corrected chi connectivity index (χ4v) is 9.44. The van der Waals surface area contributed by atoms with Gasteiger partial charge in [0.25, 0.3) is 0 Å². The maximum atomic E-state index is 13.6. The molecule has 0 aliphatic heterocycles. The van der Waals surface area contributed by atoms with Crippen LogP contribution in [-0.2, 0) is 17.0 Å². The van der Waals surface area contributed by atoms with Gasteiger partial charge < -0.3 is 18.6 Å². The average Bonchev–Trinajstić information content (AvgIpc) is 3.85. The molecule has 0 aliphatic carbocycles. The molecule has 0 saturated carbocycles. The molecule has 0 unspecified atom stereocenters. The Morgan fingerprint density at radius 3 is 1.24 bits per heavy atom. The molecule has 67 heavy (non-hydrogen) atoms. The highest BCUT2D eigenvalue weighted by molar-refractivity contribution is 6.24. The van der Waals surface area contributed by atoms with Crippen LogP contribution in [0.5, 0.6) is 0 Å². The number of furan rings is 2. The van der Waals surface area contributed by atoms with Gasteiger partial charge in [-0.3, -0.25) is 0 Å². The second-order valence-electron chi connectivity index (χ2n) is 19.9. The number of anilines is 6. The topological polar surface area (TPSA) is 32.8 Å². The molecule has 11 rings (SSSR count). The van der Waals surface area contributed by atoms with Gasteiger partial charge in [-0.2, -0.15) is 13.2 Å². The molecule has 2 heterocycles. The van der Waals surface area contributed by atoms with Gasteiger partial charge in [-0.05, 0) is 172 Å². The van der Waals surface area contributed by atoms with Crippen LogP contribution in [0.25, 0.3) is 65.4 Å². The molecule has 0 saturated heterocycles. The van der Waals surface area contributed by atoms with Gasteiger partial charge in [-0.25, -0.2) is 0 Å². The van der Waals surface area contributed by atoms with Crippen molar-refractivity contribution in [2.45, 2.75) is 65.5 Å². The highest BCUT2D eigenvalue weighted by Crippen LogP contribution is 2.45. The van der Waals surface area contributed by atoms with E-state index >= 15 is 0 Å². The summed E-state index contributed by atoms with van der Waals surface area (Å²) in [4.78, 5) is 4.29. The number of aryl methyl sites for hydroxylation is 1. The summed E-state index contributed by atoms with van der Waals surface area (Å²) < 4.78 is 54.4. The summed E-state index contributed by atoms with van der Waals surface area (Å²) in [7, 11) is 0. The quantitative estimate of drug-likeness (QED) is 0.167. The molecule has 0 atom stereocenters. The standard InChI is InChI=1S/C60H49F3N2O2/c1-36-8-18-44(19-9-36)64(45-22-12-41(13-23-45)58(2,3)4)48-20-10-37-32-51-50-28-29-53-56(57(50)67-54(51)34-39(37)30-48)52-33-38-11-21-49(31-40(38)35-55(52)66-53)65(46-24-14-42(15-25-46)59(5,6)7)47-26-16-43(17-27-47)60(61,62)63/h8-35H,1-7H3. The van der Waals surface area contributed by atoms with E-state index in [1.807, 2.05) is 35.2 Å². The Labute approximate surface area is 387 Å². The Morgan fingerprint density at radius 1 is 0.358 bits per heavy atom. The van der Waals surface area contributed by atoms with Crippen molar-refractivity contribution in [2.24, 2.45) is 0 Å². The lowest BCUT2D eigenvalue weighted by Crippen LogP contribution is -2.13. The first-order valence-corrected chi connectivity index (χ1v) is 22.7. The van der Waals surface area contributed by atoms with Crippen molar-refractivity contribution < 1.29 is 22.0 Å². The highest BCUT2D eigenvalue weighted by atomic mass is 19.4. The molecule has 0 fully saturated rings. The largest absolute Gasteiger partial charge is 0.456 e. The summed E-state index contributed by atoms with van der Waals surface area (Å²) in [6.07, 6.45) is -4.43. The van der Waals surface area contributed by atoms with Gasteiger partial charge in [-0.15, -0.1) is 0 Å². The van der Waals surface area contributed by atoms with Crippen molar-refractivity contribution in [3.63, 3.8) is 0 Å². The Bertz CT molecular complexity index is 3620. The van der Waals surface area contributed by atoms with E-state index in [2.05, 4.69) is 169 Å². The van der Waals surface area contributed by atoms with E-state index in [1.54, 1.807) is 0 Å². The lowest BCUT2D eigenvalue weighted by molar-refractivity contribution is -0.137. The second-order valence-corrected chi connectivity index (χ2v) is 19.9. The number of benzene rings is 9. The van der Waals surface area contributed by atoms with Crippen LogP contribution < -0.4 is 9.80 Å². The first kappa shape index (κ1) is 42.1. The first-order chi connectivity index (χ1) is 32.0. The average molecular weight is 887 g/mol. The Hall–Kier alpha value is -7.51. The van der Waals surface area contributed by atoms with Gasteiger partial charge in [0.1, 0.15) is 22.3 Å². The summed E-state index contributed by atoms with van der Waals surface area (Å²) in [6, 6.07) is 56.5. The number of alkyl halides is 3. The number of nitrogens with zero attached hydrogens (tertiary/aromatic N) is 2. The number of halogens is 3. The minimum absolute atomic E-state index is 0.0478. The van der Waals surface area contributed by atoms with Gasteiger partial charge in [-0.1, -0.05) is 95.6 Å². The Morgan fingerprint density at radius 2 is 0.776 bits per heavy atom. The van der Waals surface area contributed by atoms with Gasteiger partial charge in [0.2, 0.25) is 0 Å². The molecule has 0 amide bonds. The van der Waals surface area contributed by atoms with E-state index in [0.29, 0.717) is 11.3 Å². The molecule has 2 aromatic heterocycles. The zero-order valence-corrected chi connectivity index (χ0v) is 38.5. The normalized spacial score (nSPS) is 12.6. The lowest BCUT2D eigenvalue weighted by atomic mass is 9.87. The number of fused-ring (bicyclic) bond motifs is 9. The molecule has 4 nitrogen and oxygen atoms in total. The molecule has 7 heteroatoms. The molecule has 0 bridgehead atoms. The monoisotopic (exact) mass is 886 g/mol. The fraction of sp³-hybridized carbons (Fsp3) is 0.167. The number of hydrogen-bond donors (Lipinski definition) is 0. The fourth-order valence-electron chi connectivity index (χ4n) is 9.44. The van der Waals surface area contributed by atoms with Gasteiger partial charge in [0.05, 0.1) is 10.9 Å². The SMILES string of the molecule is Cc1ccc(N(c2ccc(C(C)(C)C)cc2)c2ccc3cc4c(cc3c2)oc2c4ccc3oc4cc5cc(N(c6ccc(C(C)(C)C)cc6)c6ccc(C(F)(F)F)cc6)ccc5cc4c32)cc1. The Kier molecular flexibility index (Phi) is 9.61. The molecule has 332 valence electrons. The molecule has 9 aromatic carbocycles. The lowest BCUT2D eigenvalue weighted by Gasteiger charge is -2.27. The van der Waals surface area contributed by atoms with Crippen LogP contribution in [0.15, 0.2) is 179 Å². The molecular weight excluding hydrogens is 838 g/mol. The van der Waals surface area contributed by atoms with Crippen LogP contribution in [0, 0.1) is 6.92 Å². The van der Waals surface area contributed by atoms with Gasteiger partial charge in [0, 0.05) is 50.3 Å². The highest BCUT2D eigenvalue weighted by Gasteiger charge is 2.30. The molecule has 11 aromatic rings. The number of hydrogen-bond acceptors (Lipinski definition) is 4. The smallest absolute Gasteiger partial charge is 0.416 e. The van der Waals surface area contributed by atoms with Gasteiger partial charge >= 0.3 is 6.18 Å². The third-order valence-electron chi connectivity index (χ3n) is 13.2. The third-order valence-corrected chi connectivity index (χ3v) is 13.2. The predicted molar refractivity (Wildman–Crippen MR) is 273 cm³/mol. The predicted octanol–water partition coefficient (Wildman–Crippen LogP) is 18.7. The van der Waals surface area contributed by atoms with Crippen molar-refractivity contribution in [1.82, 2.24) is 0 Å². The van der Waals surface area contributed by atoms with Crippen LogP contribution in [0.2, 0.25) is 0 Å². The maximum absolute atomic E-state index is 13.6. The van der Waals surface area contributed by atoms with E-state index in [-0.39, 0.29) is 10.8 Å². The van der Waals surface area contributed by atoms with Crippen LogP contribution in [0.4, 0.5) is 47.3 Å². The molecule has 0 aliphatic rings.